The summed E-state index contributed by atoms with van der Waals surface area (Å²) < 4.78 is 32.2. The Morgan fingerprint density at radius 1 is 1.15 bits per heavy atom. The number of hydrogen-bond donors (Lipinski definition) is 2. The summed E-state index contributed by atoms with van der Waals surface area (Å²) in [6, 6.07) is 10.2. The summed E-state index contributed by atoms with van der Waals surface area (Å²) in [5, 5.41) is 6.28. The maximum atomic E-state index is 12.5. The Morgan fingerprint density at radius 2 is 1.77 bits per heavy atom. The highest BCUT2D eigenvalue weighted by molar-refractivity contribution is 7.89. The van der Waals surface area contributed by atoms with E-state index < -0.39 is 10.0 Å². The fourth-order valence-electron chi connectivity index (χ4n) is 2.98. The number of guanidine groups is 1. The number of hydrogen-bond acceptors (Lipinski definition) is 4. The van der Waals surface area contributed by atoms with E-state index in [1.807, 2.05) is 32.0 Å². The molecule has 1 saturated heterocycles. The van der Waals surface area contributed by atoms with Gasteiger partial charge in [0.25, 0.3) is 0 Å². The second-order valence-corrected chi connectivity index (χ2v) is 8.64. The molecule has 0 amide bonds. The molecule has 1 aliphatic rings. The molecule has 146 valence electrons. The minimum absolute atomic E-state index is 0.0336. The Kier molecular flexibility index (Phi) is 7.86. The van der Waals surface area contributed by atoms with Crippen molar-refractivity contribution in [2.24, 2.45) is 4.99 Å². The normalized spacial score (nSPS) is 22.2. The van der Waals surface area contributed by atoms with Gasteiger partial charge in [-0.1, -0.05) is 30.3 Å². The molecule has 2 rings (SSSR count). The minimum Gasteiger partial charge on any atom is -0.373 e. The van der Waals surface area contributed by atoms with Gasteiger partial charge in [-0.25, -0.2) is 8.42 Å². The van der Waals surface area contributed by atoms with Crippen LogP contribution in [0.2, 0.25) is 0 Å². The molecule has 1 heterocycles. The maximum absolute atomic E-state index is 12.5. The van der Waals surface area contributed by atoms with E-state index in [1.54, 1.807) is 7.05 Å². The van der Waals surface area contributed by atoms with E-state index in [0.29, 0.717) is 25.6 Å². The summed E-state index contributed by atoms with van der Waals surface area (Å²) in [6.07, 6.45) is 0.728. The molecule has 2 N–H and O–H groups in total. The summed E-state index contributed by atoms with van der Waals surface area (Å²) in [5.41, 5.74) is 1.24. The Hall–Kier alpha value is -1.64. The van der Waals surface area contributed by atoms with Gasteiger partial charge in [0.05, 0.1) is 18.0 Å². The van der Waals surface area contributed by atoms with Crippen LogP contribution in [0.5, 0.6) is 0 Å². The molecule has 2 unspecified atom stereocenters. The third-order valence-electron chi connectivity index (χ3n) is 4.20. The first-order valence-electron chi connectivity index (χ1n) is 9.02. The molecule has 0 saturated carbocycles. The largest absolute Gasteiger partial charge is 0.373 e. The van der Waals surface area contributed by atoms with E-state index in [1.165, 1.54) is 9.87 Å². The summed E-state index contributed by atoms with van der Waals surface area (Å²) in [6.45, 7) is 5.67. The molecule has 1 aromatic rings. The number of morpholine rings is 1. The van der Waals surface area contributed by atoms with Gasteiger partial charge in [-0.15, -0.1) is 0 Å². The quantitative estimate of drug-likeness (QED) is 0.539. The van der Waals surface area contributed by atoms with E-state index in [-0.39, 0.29) is 18.0 Å². The number of ether oxygens (including phenoxy) is 1. The highest BCUT2D eigenvalue weighted by atomic mass is 32.2. The molecule has 0 bridgehead atoms. The molecule has 0 aromatic heterocycles. The topological polar surface area (TPSA) is 83.0 Å². The molecule has 0 spiro atoms. The average molecular weight is 383 g/mol. The highest BCUT2D eigenvalue weighted by Crippen LogP contribution is 2.14. The van der Waals surface area contributed by atoms with E-state index in [9.17, 15) is 8.42 Å². The van der Waals surface area contributed by atoms with Crippen LogP contribution < -0.4 is 10.6 Å². The van der Waals surface area contributed by atoms with Crippen molar-refractivity contribution in [2.45, 2.75) is 32.5 Å². The third kappa shape index (κ3) is 6.59. The van der Waals surface area contributed by atoms with Crippen molar-refractivity contribution in [3.8, 4) is 0 Å². The zero-order valence-corrected chi connectivity index (χ0v) is 16.6. The monoisotopic (exact) mass is 382 g/mol. The predicted octanol–water partition coefficient (Wildman–Crippen LogP) is 0.833. The lowest BCUT2D eigenvalue weighted by Gasteiger charge is -2.34. The van der Waals surface area contributed by atoms with Crippen LogP contribution in [0.3, 0.4) is 0 Å². The Morgan fingerprint density at radius 3 is 2.38 bits per heavy atom. The van der Waals surface area contributed by atoms with E-state index >= 15 is 0 Å². The molecular weight excluding hydrogens is 352 g/mol. The van der Waals surface area contributed by atoms with Gasteiger partial charge in [-0.3, -0.25) is 4.99 Å². The zero-order chi connectivity index (χ0) is 19.0. The second-order valence-electron chi connectivity index (χ2n) is 6.55. The smallest absolute Gasteiger partial charge is 0.216 e. The molecule has 1 fully saturated rings. The van der Waals surface area contributed by atoms with E-state index in [4.69, 9.17) is 4.74 Å². The molecule has 0 aliphatic carbocycles. The van der Waals surface area contributed by atoms with Crippen molar-refractivity contribution in [1.82, 2.24) is 14.9 Å². The lowest BCUT2D eigenvalue weighted by molar-refractivity contribution is -0.0440. The van der Waals surface area contributed by atoms with Gasteiger partial charge in [-0.2, -0.15) is 4.31 Å². The highest BCUT2D eigenvalue weighted by Gasteiger charge is 2.30. The number of aliphatic imine (C=N–C) groups is 1. The Labute approximate surface area is 156 Å². The van der Waals surface area contributed by atoms with E-state index in [0.717, 1.165) is 13.0 Å². The van der Waals surface area contributed by atoms with Gasteiger partial charge in [0.1, 0.15) is 0 Å². The fourth-order valence-corrected chi connectivity index (χ4v) is 4.47. The Balaban J connectivity index is 1.74. The van der Waals surface area contributed by atoms with Gasteiger partial charge in [0.2, 0.25) is 10.0 Å². The molecule has 0 radical (unpaired) electrons. The van der Waals surface area contributed by atoms with Crippen LogP contribution in [0.1, 0.15) is 19.4 Å². The van der Waals surface area contributed by atoms with Gasteiger partial charge < -0.3 is 15.4 Å². The standard InChI is InChI=1S/C18H30N4O3S/c1-15-13-22(14-16(2)25-15)26(23,24)12-11-21-18(19-3)20-10-9-17-7-5-4-6-8-17/h4-8,15-16H,9-14H2,1-3H3,(H2,19,20,21). The van der Waals surface area contributed by atoms with Crippen LogP contribution in [0, 0.1) is 0 Å². The van der Waals surface area contributed by atoms with Crippen molar-refractivity contribution in [1.29, 1.82) is 0 Å². The zero-order valence-electron chi connectivity index (χ0n) is 15.8. The van der Waals surface area contributed by atoms with Crippen molar-refractivity contribution in [3.05, 3.63) is 35.9 Å². The van der Waals surface area contributed by atoms with Crippen LogP contribution in [-0.2, 0) is 21.2 Å². The van der Waals surface area contributed by atoms with Crippen LogP contribution in [-0.4, -0.2) is 69.9 Å². The molecule has 2 atom stereocenters. The molecule has 1 aliphatic heterocycles. The first kappa shape index (κ1) is 20.7. The molecule has 26 heavy (non-hydrogen) atoms. The van der Waals surface area contributed by atoms with E-state index in [2.05, 4.69) is 27.8 Å². The fraction of sp³-hybridized carbons (Fsp3) is 0.611. The Bertz CT molecular complexity index is 669. The van der Waals surface area contributed by atoms with Crippen molar-refractivity contribution in [2.75, 3.05) is 39.0 Å². The summed E-state index contributed by atoms with van der Waals surface area (Å²) in [5.74, 6) is 0.645. The maximum Gasteiger partial charge on any atom is 0.216 e. The first-order chi connectivity index (χ1) is 12.4. The van der Waals surface area contributed by atoms with Crippen molar-refractivity contribution < 1.29 is 13.2 Å². The summed E-state index contributed by atoms with van der Waals surface area (Å²) >= 11 is 0. The second kappa shape index (κ2) is 9.89. The number of nitrogens with one attached hydrogen (secondary N) is 2. The number of nitrogens with zero attached hydrogens (tertiary/aromatic N) is 2. The lowest BCUT2D eigenvalue weighted by Crippen LogP contribution is -2.50. The van der Waals surface area contributed by atoms with Crippen LogP contribution >= 0.6 is 0 Å². The summed E-state index contributed by atoms with van der Waals surface area (Å²) in [7, 11) is -1.63. The minimum atomic E-state index is -3.31. The van der Waals surface area contributed by atoms with Gasteiger partial charge in [0, 0.05) is 33.2 Å². The SMILES string of the molecule is CN=C(NCCc1ccccc1)NCCS(=O)(=O)N1CC(C)OC(C)C1. The lowest BCUT2D eigenvalue weighted by atomic mass is 10.1. The van der Waals surface area contributed by atoms with Gasteiger partial charge in [0.15, 0.2) is 5.96 Å². The predicted molar refractivity (Wildman–Crippen MR) is 105 cm³/mol. The van der Waals surface area contributed by atoms with Gasteiger partial charge in [-0.05, 0) is 25.8 Å². The molecule has 1 aromatic carbocycles. The average Bonchev–Trinajstić information content (AvgIpc) is 2.60. The van der Waals surface area contributed by atoms with Crippen molar-refractivity contribution >= 4 is 16.0 Å². The van der Waals surface area contributed by atoms with Gasteiger partial charge >= 0.3 is 0 Å². The van der Waals surface area contributed by atoms with Crippen molar-refractivity contribution in [3.63, 3.8) is 0 Å². The first-order valence-corrected chi connectivity index (χ1v) is 10.6. The number of rotatable bonds is 7. The summed E-state index contributed by atoms with van der Waals surface area (Å²) in [4.78, 5) is 4.14. The molecular formula is C18H30N4O3S. The molecule has 8 heteroatoms. The number of sulfonamides is 1. The third-order valence-corrected chi connectivity index (χ3v) is 6.01. The van der Waals surface area contributed by atoms with Crippen LogP contribution in [0.4, 0.5) is 0 Å². The van der Waals surface area contributed by atoms with Crippen LogP contribution in [0.15, 0.2) is 35.3 Å². The molecule has 7 nitrogen and oxygen atoms in total. The number of benzene rings is 1. The van der Waals surface area contributed by atoms with Crippen LogP contribution in [0.25, 0.3) is 0 Å².